The number of nitrogens with zero attached hydrogens (tertiary/aromatic N) is 1. The lowest BCUT2D eigenvalue weighted by molar-refractivity contribution is -0.143. The van der Waals surface area contributed by atoms with Crippen LogP contribution in [0, 0.1) is 17.7 Å². The molecular weight excluding hydrogens is 605 g/mol. The van der Waals surface area contributed by atoms with Crippen molar-refractivity contribution in [3.8, 4) is 0 Å². The number of ether oxygens (including phenoxy) is 1. The van der Waals surface area contributed by atoms with E-state index >= 15 is 0 Å². The zero-order chi connectivity index (χ0) is 31.7. The summed E-state index contributed by atoms with van der Waals surface area (Å²) in [5.41, 5.74) is -2.34. The second kappa shape index (κ2) is 12.7. The predicted molar refractivity (Wildman–Crippen MR) is 144 cm³/mol. The van der Waals surface area contributed by atoms with Crippen LogP contribution in [-0.2, 0) is 31.9 Å². The van der Waals surface area contributed by atoms with Gasteiger partial charge in [-0.2, -0.15) is 26.3 Å². The average molecular weight is 639 g/mol. The number of rotatable bonds is 8. The number of nitrogens with one attached hydrogen (secondary N) is 1. The molecule has 0 aromatic heterocycles. The van der Waals surface area contributed by atoms with Crippen LogP contribution < -0.4 is 4.72 Å². The Bertz CT molecular complexity index is 1360. The van der Waals surface area contributed by atoms with Gasteiger partial charge in [0.2, 0.25) is 15.9 Å². The molecule has 2 fully saturated rings. The van der Waals surface area contributed by atoms with E-state index in [9.17, 15) is 43.9 Å². The van der Waals surface area contributed by atoms with Crippen molar-refractivity contribution in [3.63, 3.8) is 0 Å². The molecule has 1 saturated carbocycles. The van der Waals surface area contributed by atoms with Gasteiger partial charge in [0.15, 0.2) is 0 Å². The first kappa shape index (κ1) is 33.2. The molecule has 4 atom stereocenters. The number of sulfonamides is 1. The van der Waals surface area contributed by atoms with Crippen molar-refractivity contribution in [2.24, 2.45) is 11.8 Å². The van der Waals surface area contributed by atoms with Gasteiger partial charge in [0.05, 0.1) is 29.6 Å². The van der Waals surface area contributed by atoms with Crippen molar-refractivity contribution < 1.29 is 48.7 Å². The van der Waals surface area contributed by atoms with Crippen molar-refractivity contribution in [3.05, 3.63) is 70.5 Å². The number of benzene rings is 2. The second-order valence-electron chi connectivity index (χ2n) is 11.4. The van der Waals surface area contributed by atoms with Crippen LogP contribution in [0.15, 0.2) is 42.5 Å². The fourth-order valence-electron chi connectivity index (χ4n) is 6.10. The van der Waals surface area contributed by atoms with Crippen molar-refractivity contribution in [2.45, 2.75) is 63.1 Å². The first-order valence-electron chi connectivity index (χ1n) is 13.8. The van der Waals surface area contributed by atoms with Crippen molar-refractivity contribution >= 4 is 15.9 Å². The minimum Gasteiger partial charge on any atom is -0.370 e. The van der Waals surface area contributed by atoms with E-state index in [1.165, 1.54) is 19.1 Å². The van der Waals surface area contributed by atoms with Crippen LogP contribution >= 0.6 is 0 Å². The lowest BCUT2D eigenvalue weighted by atomic mass is 9.86. The van der Waals surface area contributed by atoms with Crippen LogP contribution in [0.4, 0.5) is 30.7 Å². The zero-order valence-electron chi connectivity index (χ0n) is 23.5. The van der Waals surface area contributed by atoms with Crippen molar-refractivity contribution in [1.29, 1.82) is 0 Å². The highest BCUT2D eigenvalue weighted by Gasteiger charge is 2.41. The minimum absolute atomic E-state index is 0.0312. The van der Waals surface area contributed by atoms with E-state index in [2.05, 4.69) is 4.90 Å². The second-order valence-corrected chi connectivity index (χ2v) is 13.1. The summed E-state index contributed by atoms with van der Waals surface area (Å²) in [6.45, 7) is 3.04. The lowest BCUT2D eigenvalue weighted by Crippen LogP contribution is -2.43. The molecule has 2 aliphatic rings. The van der Waals surface area contributed by atoms with E-state index < -0.39 is 63.4 Å². The van der Waals surface area contributed by atoms with Crippen LogP contribution in [0.3, 0.4) is 0 Å². The quantitative estimate of drug-likeness (QED) is 0.344. The Morgan fingerprint density at radius 1 is 0.953 bits per heavy atom. The minimum atomic E-state index is -4.98. The van der Waals surface area contributed by atoms with Gasteiger partial charge in [0.25, 0.3) is 0 Å². The summed E-state index contributed by atoms with van der Waals surface area (Å²) in [5.74, 6) is -1.80. The Morgan fingerprint density at radius 3 is 2.02 bits per heavy atom. The molecule has 238 valence electrons. The van der Waals surface area contributed by atoms with E-state index in [-0.39, 0.29) is 23.5 Å². The monoisotopic (exact) mass is 638 g/mol. The van der Waals surface area contributed by atoms with E-state index in [4.69, 9.17) is 4.74 Å². The Hall–Kier alpha value is -2.71. The molecule has 1 N–H and O–H groups in total. The number of alkyl halides is 6. The highest BCUT2D eigenvalue weighted by atomic mass is 32.2. The van der Waals surface area contributed by atoms with Crippen LogP contribution in [-0.4, -0.2) is 51.2 Å². The smallest absolute Gasteiger partial charge is 0.370 e. The Balaban J connectivity index is 1.51. The molecule has 4 rings (SSSR count). The first-order chi connectivity index (χ1) is 19.9. The molecule has 1 saturated heterocycles. The molecule has 0 unspecified atom stereocenters. The molecule has 2 aromatic rings. The Labute approximate surface area is 245 Å². The maximum Gasteiger partial charge on any atom is 0.416 e. The predicted octanol–water partition coefficient (Wildman–Crippen LogP) is 6.29. The summed E-state index contributed by atoms with van der Waals surface area (Å²) >= 11 is 0. The zero-order valence-corrected chi connectivity index (χ0v) is 24.3. The molecule has 1 aliphatic carbocycles. The Morgan fingerprint density at radius 2 is 1.51 bits per heavy atom. The molecule has 0 radical (unpaired) electrons. The number of carbonyl (C=O) groups excluding carboxylic acids is 1. The van der Waals surface area contributed by atoms with Gasteiger partial charge in [-0.05, 0) is 93.1 Å². The van der Waals surface area contributed by atoms with Crippen molar-refractivity contribution in [1.82, 2.24) is 9.62 Å². The van der Waals surface area contributed by atoms with Crippen LogP contribution in [0.25, 0.3) is 0 Å². The van der Waals surface area contributed by atoms with Gasteiger partial charge < -0.3 is 9.64 Å². The van der Waals surface area contributed by atoms with Gasteiger partial charge in [-0.3, -0.25) is 9.52 Å². The summed E-state index contributed by atoms with van der Waals surface area (Å²) in [6.07, 6.45) is -8.69. The molecule has 14 heteroatoms. The fourth-order valence-corrected chi connectivity index (χ4v) is 6.63. The molecule has 6 nitrogen and oxygen atoms in total. The third-order valence-corrected chi connectivity index (χ3v) is 8.75. The summed E-state index contributed by atoms with van der Waals surface area (Å²) in [4.78, 5) is 14.4. The Kier molecular flexibility index (Phi) is 9.82. The summed E-state index contributed by atoms with van der Waals surface area (Å²) in [5, 5.41) is 0. The number of carbonyl (C=O) groups is 1. The van der Waals surface area contributed by atoms with Gasteiger partial charge in [-0.25, -0.2) is 12.8 Å². The maximum atomic E-state index is 13.8. The third-order valence-electron chi connectivity index (χ3n) is 8.18. The molecule has 2 aromatic carbocycles. The fraction of sp³-hybridized carbons (Fsp3) is 0.552. The van der Waals surface area contributed by atoms with Crippen molar-refractivity contribution in [2.75, 3.05) is 25.9 Å². The number of hydrogen-bond acceptors (Lipinski definition) is 5. The average Bonchev–Trinajstić information content (AvgIpc) is 3.28. The van der Waals surface area contributed by atoms with Crippen LogP contribution in [0.1, 0.15) is 66.9 Å². The summed E-state index contributed by atoms with van der Waals surface area (Å²) in [7, 11) is -3.67. The first-order valence-corrected chi connectivity index (χ1v) is 15.7. The van der Waals surface area contributed by atoms with E-state index in [1.54, 1.807) is 12.1 Å². The molecule has 0 spiro atoms. The van der Waals surface area contributed by atoms with Crippen LogP contribution in [0.5, 0.6) is 0 Å². The molecule has 1 amide bonds. The molecule has 43 heavy (non-hydrogen) atoms. The van der Waals surface area contributed by atoms with E-state index in [0.717, 1.165) is 11.8 Å². The standard InChI is InChI=1S/C29H33F7N2O4S/c1-17(21-13-22(28(31,32)33)15-23(14-21)29(34,35)36)42-25-8-5-20(26(25)18-3-6-24(30)7-4-18)16-38-11-9-19(10-12-38)27(39)37-43(2,40)41/h3-4,6-7,13-15,17,19-20,25-26H,5,8-12,16H2,1-2H3,(H,37,39)/t17-,20+,25+,26+/m1/s1. The topological polar surface area (TPSA) is 75.7 Å². The number of likely N-dealkylation sites (tertiary alicyclic amines) is 1. The SMILES string of the molecule is C[C@@H](O[C@H]1CC[C@@H](CN2CCC(C(=O)NS(C)(=O)=O)CC2)[C@@H]1c1ccc(F)cc1)c1cc(C(F)(F)F)cc(C(F)(F)F)c1. The number of piperidine rings is 1. The molecule has 1 aliphatic heterocycles. The van der Waals surface area contributed by atoms with Gasteiger partial charge in [-0.1, -0.05) is 12.1 Å². The summed E-state index contributed by atoms with van der Waals surface area (Å²) < 4.78 is 125. The van der Waals surface area contributed by atoms with Crippen LogP contribution in [0.2, 0.25) is 0 Å². The normalized spacial score (nSPS) is 23.3. The maximum absolute atomic E-state index is 13.8. The molecular formula is C29H33F7N2O4S. The molecule has 0 bridgehead atoms. The van der Waals surface area contributed by atoms with Gasteiger partial charge in [0, 0.05) is 18.4 Å². The van der Waals surface area contributed by atoms with E-state index in [1.807, 2.05) is 4.72 Å². The summed E-state index contributed by atoms with van der Waals surface area (Å²) in [6, 6.07) is 7.21. The number of amides is 1. The highest BCUT2D eigenvalue weighted by molar-refractivity contribution is 7.89. The third kappa shape index (κ3) is 8.69. The number of halogens is 7. The molecule has 1 heterocycles. The highest BCUT2D eigenvalue weighted by Crippen LogP contribution is 2.45. The van der Waals surface area contributed by atoms with Gasteiger partial charge >= 0.3 is 12.4 Å². The lowest BCUT2D eigenvalue weighted by Gasteiger charge is -2.35. The number of hydrogen-bond donors (Lipinski definition) is 1. The largest absolute Gasteiger partial charge is 0.416 e. The van der Waals surface area contributed by atoms with Gasteiger partial charge in [-0.15, -0.1) is 0 Å². The van der Waals surface area contributed by atoms with Gasteiger partial charge in [0.1, 0.15) is 5.82 Å². The van der Waals surface area contributed by atoms with E-state index in [0.29, 0.717) is 57.5 Å².